The van der Waals surface area contributed by atoms with Crippen molar-refractivity contribution in [1.29, 1.82) is 0 Å². The smallest absolute Gasteiger partial charge is 0.252 e. The predicted molar refractivity (Wildman–Crippen MR) is 91.6 cm³/mol. The van der Waals surface area contributed by atoms with Gasteiger partial charge in [-0.3, -0.25) is 4.79 Å². The fraction of sp³-hybridized carbons (Fsp3) is 0.188. The molecule has 1 N–H and O–H groups in total. The van der Waals surface area contributed by atoms with Gasteiger partial charge in [-0.1, -0.05) is 30.3 Å². The molecular weight excluding hydrogens is 330 g/mol. The van der Waals surface area contributed by atoms with Crippen molar-refractivity contribution in [1.82, 2.24) is 15.5 Å². The van der Waals surface area contributed by atoms with E-state index in [1.54, 1.807) is 23.1 Å². The summed E-state index contributed by atoms with van der Waals surface area (Å²) in [6, 6.07) is 11.4. The van der Waals surface area contributed by atoms with E-state index < -0.39 is 0 Å². The summed E-state index contributed by atoms with van der Waals surface area (Å²) in [6.07, 6.45) is 0. The number of hydrogen-bond acceptors (Lipinski definition) is 6. The number of benzene rings is 1. The minimum atomic E-state index is -0.141. The van der Waals surface area contributed by atoms with Crippen molar-refractivity contribution in [3.63, 3.8) is 0 Å². The standard InChI is InChI=1S/C16H15N3O2S2/c1-2-22-12-7-4-3-6-11(12)16(20)17-10-14-18-15(19-21-14)13-8-5-9-23-13/h3-9H,2,10H2,1H3,(H,17,20). The maximum atomic E-state index is 12.3. The number of carbonyl (C=O) groups excluding carboxylic acids is 1. The van der Waals surface area contributed by atoms with Crippen molar-refractivity contribution in [2.75, 3.05) is 5.75 Å². The highest BCUT2D eigenvalue weighted by molar-refractivity contribution is 7.99. The van der Waals surface area contributed by atoms with Crippen LogP contribution >= 0.6 is 23.1 Å². The number of carbonyl (C=O) groups is 1. The van der Waals surface area contributed by atoms with Crippen LogP contribution in [0.4, 0.5) is 0 Å². The van der Waals surface area contributed by atoms with Gasteiger partial charge in [-0.25, -0.2) is 0 Å². The van der Waals surface area contributed by atoms with E-state index in [0.717, 1.165) is 15.5 Å². The lowest BCUT2D eigenvalue weighted by Crippen LogP contribution is -2.23. The minimum Gasteiger partial charge on any atom is -0.343 e. The van der Waals surface area contributed by atoms with Gasteiger partial charge in [0.25, 0.3) is 5.91 Å². The molecule has 23 heavy (non-hydrogen) atoms. The maximum Gasteiger partial charge on any atom is 0.252 e. The number of amides is 1. The number of hydrogen-bond donors (Lipinski definition) is 1. The summed E-state index contributed by atoms with van der Waals surface area (Å²) in [6.45, 7) is 2.27. The molecule has 0 radical (unpaired) electrons. The highest BCUT2D eigenvalue weighted by Gasteiger charge is 2.13. The van der Waals surface area contributed by atoms with Gasteiger partial charge < -0.3 is 9.84 Å². The van der Waals surface area contributed by atoms with Crippen molar-refractivity contribution in [2.24, 2.45) is 0 Å². The molecule has 0 atom stereocenters. The molecule has 0 unspecified atom stereocenters. The highest BCUT2D eigenvalue weighted by atomic mass is 32.2. The summed E-state index contributed by atoms with van der Waals surface area (Å²) in [7, 11) is 0. The second kappa shape index (κ2) is 7.43. The van der Waals surface area contributed by atoms with E-state index in [1.807, 2.05) is 41.8 Å². The summed E-state index contributed by atoms with van der Waals surface area (Å²) >= 11 is 3.19. The van der Waals surface area contributed by atoms with Crippen molar-refractivity contribution in [3.8, 4) is 10.7 Å². The molecule has 2 aromatic heterocycles. The largest absolute Gasteiger partial charge is 0.343 e. The summed E-state index contributed by atoms with van der Waals surface area (Å²) in [4.78, 5) is 18.5. The topological polar surface area (TPSA) is 68.0 Å². The SMILES string of the molecule is CCSc1ccccc1C(=O)NCc1nc(-c2cccs2)no1. The fourth-order valence-electron chi connectivity index (χ4n) is 2.02. The van der Waals surface area contributed by atoms with Gasteiger partial charge in [0.1, 0.15) is 0 Å². The normalized spacial score (nSPS) is 10.7. The monoisotopic (exact) mass is 345 g/mol. The second-order valence-electron chi connectivity index (χ2n) is 4.60. The quantitative estimate of drug-likeness (QED) is 0.688. The molecule has 1 aromatic carbocycles. The molecule has 0 saturated carbocycles. The zero-order chi connectivity index (χ0) is 16.1. The first-order valence-corrected chi connectivity index (χ1v) is 9.01. The van der Waals surface area contributed by atoms with Crippen LogP contribution in [0.25, 0.3) is 10.7 Å². The Hall–Kier alpha value is -2.12. The number of aromatic nitrogens is 2. The molecule has 0 bridgehead atoms. The lowest BCUT2D eigenvalue weighted by Gasteiger charge is -2.07. The van der Waals surface area contributed by atoms with Gasteiger partial charge in [-0.2, -0.15) is 4.98 Å². The summed E-state index contributed by atoms with van der Waals surface area (Å²) in [5.41, 5.74) is 0.664. The molecule has 7 heteroatoms. The number of nitrogens with zero attached hydrogens (tertiary/aromatic N) is 2. The Morgan fingerprint density at radius 1 is 1.30 bits per heavy atom. The van der Waals surface area contributed by atoms with Crippen LogP contribution in [0.3, 0.4) is 0 Å². The van der Waals surface area contributed by atoms with E-state index >= 15 is 0 Å². The number of thiophene rings is 1. The Morgan fingerprint density at radius 2 is 2.17 bits per heavy atom. The molecule has 0 spiro atoms. The molecule has 0 saturated heterocycles. The van der Waals surface area contributed by atoms with Crippen LogP contribution in [0, 0.1) is 0 Å². The first kappa shape index (κ1) is 15.8. The molecule has 3 aromatic rings. The molecule has 0 aliphatic rings. The Kier molecular flexibility index (Phi) is 5.09. The molecule has 5 nitrogen and oxygen atoms in total. The van der Waals surface area contributed by atoms with Crippen molar-refractivity contribution >= 4 is 29.0 Å². The van der Waals surface area contributed by atoms with E-state index in [0.29, 0.717) is 17.3 Å². The van der Waals surface area contributed by atoms with Crippen LogP contribution in [0.2, 0.25) is 0 Å². The van der Waals surface area contributed by atoms with E-state index in [1.165, 1.54) is 0 Å². The van der Waals surface area contributed by atoms with Crippen LogP contribution < -0.4 is 5.32 Å². The van der Waals surface area contributed by atoms with Crippen molar-refractivity contribution in [3.05, 3.63) is 53.2 Å². The first-order valence-electron chi connectivity index (χ1n) is 7.14. The maximum absolute atomic E-state index is 12.3. The lowest BCUT2D eigenvalue weighted by atomic mass is 10.2. The lowest BCUT2D eigenvalue weighted by molar-refractivity contribution is 0.0943. The van der Waals surface area contributed by atoms with Crippen molar-refractivity contribution in [2.45, 2.75) is 18.4 Å². The van der Waals surface area contributed by atoms with Crippen LogP contribution in [0.5, 0.6) is 0 Å². The van der Waals surface area contributed by atoms with Gasteiger partial charge in [0.05, 0.1) is 17.0 Å². The van der Waals surface area contributed by atoms with Gasteiger partial charge in [0, 0.05) is 4.90 Å². The Morgan fingerprint density at radius 3 is 2.96 bits per heavy atom. The molecular formula is C16H15N3O2S2. The van der Waals surface area contributed by atoms with Gasteiger partial charge in [0.2, 0.25) is 11.7 Å². The van der Waals surface area contributed by atoms with Gasteiger partial charge in [-0.05, 0) is 29.3 Å². The molecule has 118 valence electrons. The molecule has 1 amide bonds. The van der Waals surface area contributed by atoms with E-state index in [-0.39, 0.29) is 12.5 Å². The fourth-order valence-corrected chi connectivity index (χ4v) is 3.47. The van der Waals surface area contributed by atoms with Crippen molar-refractivity contribution < 1.29 is 9.32 Å². The van der Waals surface area contributed by atoms with E-state index in [9.17, 15) is 4.79 Å². The van der Waals surface area contributed by atoms with E-state index in [2.05, 4.69) is 22.4 Å². The van der Waals surface area contributed by atoms with Gasteiger partial charge >= 0.3 is 0 Å². The van der Waals surface area contributed by atoms with Crippen LogP contribution in [-0.2, 0) is 6.54 Å². The average molecular weight is 345 g/mol. The second-order valence-corrected chi connectivity index (χ2v) is 6.85. The van der Waals surface area contributed by atoms with Crippen LogP contribution in [0.15, 0.2) is 51.2 Å². The summed E-state index contributed by atoms with van der Waals surface area (Å²) < 4.78 is 5.18. The minimum absolute atomic E-state index is 0.141. The Bertz CT molecular complexity index is 784. The zero-order valence-corrected chi connectivity index (χ0v) is 14.1. The first-order chi connectivity index (χ1) is 11.3. The van der Waals surface area contributed by atoms with Crippen LogP contribution in [-0.4, -0.2) is 21.8 Å². The number of rotatable bonds is 6. The summed E-state index contributed by atoms with van der Waals surface area (Å²) in [5, 5.41) is 8.71. The highest BCUT2D eigenvalue weighted by Crippen LogP contribution is 2.23. The third-order valence-electron chi connectivity index (χ3n) is 3.04. The Labute approximate surface area is 142 Å². The molecule has 0 aliphatic carbocycles. The number of thioether (sulfide) groups is 1. The third-order valence-corrected chi connectivity index (χ3v) is 4.86. The summed E-state index contributed by atoms with van der Waals surface area (Å²) in [5.74, 6) is 1.71. The predicted octanol–water partition coefficient (Wildman–Crippen LogP) is 3.84. The Balaban J connectivity index is 1.65. The number of nitrogens with one attached hydrogen (secondary N) is 1. The molecule has 3 rings (SSSR count). The van der Waals surface area contributed by atoms with Crippen LogP contribution in [0.1, 0.15) is 23.2 Å². The molecule has 0 aliphatic heterocycles. The van der Waals surface area contributed by atoms with E-state index in [4.69, 9.17) is 4.52 Å². The molecule has 2 heterocycles. The zero-order valence-electron chi connectivity index (χ0n) is 12.5. The average Bonchev–Trinajstić information content (AvgIpc) is 3.24. The third kappa shape index (κ3) is 3.80. The van der Waals surface area contributed by atoms with Gasteiger partial charge in [-0.15, -0.1) is 23.1 Å². The molecule has 0 fully saturated rings. The van der Waals surface area contributed by atoms with Gasteiger partial charge in [0.15, 0.2) is 0 Å².